The van der Waals surface area contributed by atoms with Crippen molar-refractivity contribution in [2.24, 2.45) is 0 Å². The quantitative estimate of drug-likeness (QED) is 0.550. The van der Waals surface area contributed by atoms with Gasteiger partial charge in [0.2, 0.25) is 11.0 Å². The highest BCUT2D eigenvalue weighted by molar-refractivity contribution is 7.93. The van der Waals surface area contributed by atoms with Crippen molar-refractivity contribution >= 4 is 55.4 Å². The standard InChI is InChI=1S/C19H19ClN2O5S2/c1-22(2)18(23)9-10-28(24)17-8-7-14(20)12-15(17)21-29(25,26)19-11-13-5-3-4-6-16(13)27-19/h3-8,11-12,21H,9-10H2,1-2H3. The second kappa shape index (κ2) is 8.66. The maximum absolute atomic E-state index is 12.8. The van der Waals surface area contributed by atoms with Gasteiger partial charge in [-0.3, -0.25) is 9.52 Å². The number of furan rings is 1. The van der Waals surface area contributed by atoms with Crippen LogP contribution in [0, 0.1) is 0 Å². The Hall–Kier alpha value is -2.20. The number of carbonyl (C=O) groups is 1. The first-order valence-corrected chi connectivity index (χ1v) is 11.7. The highest BCUT2D eigenvalue weighted by Crippen LogP contribution is 2.30. The molecule has 0 spiro atoms. The molecular formula is C19H19ClN2O5S2. The van der Waals surface area contributed by atoms with Crippen LogP contribution in [0.3, 0.4) is 0 Å². The van der Waals surface area contributed by atoms with E-state index in [0.29, 0.717) is 11.0 Å². The molecule has 7 nitrogen and oxygen atoms in total. The van der Waals surface area contributed by atoms with Crippen molar-refractivity contribution in [1.82, 2.24) is 4.90 Å². The Morgan fingerprint density at radius 2 is 1.93 bits per heavy atom. The van der Waals surface area contributed by atoms with Crippen LogP contribution in [0.15, 0.2) is 62.9 Å². The number of para-hydroxylation sites is 1. The number of amides is 1. The Labute approximate surface area is 176 Å². The second-order valence-electron chi connectivity index (χ2n) is 6.44. The fourth-order valence-electron chi connectivity index (χ4n) is 2.58. The average molecular weight is 455 g/mol. The van der Waals surface area contributed by atoms with E-state index >= 15 is 0 Å². The van der Waals surface area contributed by atoms with Crippen LogP contribution in [0.4, 0.5) is 5.69 Å². The number of fused-ring (bicyclic) bond motifs is 1. The summed E-state index contributed by atoms with van der Waals surface area (Å²) in [5.74, 6) is -0.116. The van der Waals surface area contributed by atoms with Crippen LogP contribution >= 0.6 is 11.6 Å². The number of rotatable bonds is 7. The summed E-state index contributed by atoms with van der Waals surface area (Å²) in [5, 5.41) is 0.653. The number of sulfonamides is 1. The van der Waals surface area contributed by atoms with Crippen molar-refractivity contribution in [3.05, 3.63) is 53.6 Å². The van der Waals surface area contributed by atoms with E-state index in [1.165, 1.54) is 29.2 Å². The van der Waals surface area contributed by atoms with Gasteiger partial charge in [-0.25, -0.2) is 0 Å². The summed E-state index contributed by atoms with van der Waals surface area (Å²) in [4.78, 5) is 13.4. The molecule has 2 aromatic carbocycles. The lowest BCUT2D eigenvalue weighted by Crippen LogP contribution is -2.24. The summed E-state index contributed by atoms with van der Waals surface area (Å²) in [6.45, 7) is 0. The van der Waals surface area contributed by atoms with Crippen molar-refractivity contribution in [2.45, 2.75) is 16.4 Å². The zero-order chi connectivity index (χ0) is 21.2. The molecule has 29 heavy (non-hydrogen) atoms. The minimum Gasteiger partial charge on any atom is -0.611 e. The van der Waals surface area contributed by atoms with Gasteiger partial charge in [0.25, 0.3) is 10.0 Å². The van der Waals surface area contributed by atoms with Gasteiger partial charge >= 0.3 is 0 Å². The molecule has 0 radical (unpaired) electrons. The molecule has 154 valence electrons. The highest BCUT2D eigenvalue weighted by Gasteiger charge is 2.25. The zero-order valence-electron chi connectivity index (χ0n) is 15.7. The first kappa shape index (κ1) is 21.5. The van der Waals surface area contributed by atoms with Crippen LogP contribution in [0.2, 0.25) is 5.02 Å². The summed E-state index contributed by atoms with van der Waals surface area (Å²) >= 11 is 4.40. The first-order chi connectivity index (χ1) is 13.7. The summed E-state index contributed by atoms with van der Waals surface area (Å²) in [7, 11) is -0.855. The molecule has 0 fully saturated rings. The summed E-state index contributed by atoms with van der Waals surface area (Å²) in [6.07, 6.45) is 0.0675. The predicted octanol–water partition coefficient (Wildman–Crippen LogP) is 3.47. The molecule has 1 unspecified atom stereocenters. The Balaban J connectivity index is 1.87. The predicted molar refractivity (Wildman–Crippen MR) is 113 cm³/mol. The molecule has 0 saturated heterocycles. The molecule has 0 aliphatic heterocycles. The lowest BCUT2D eigenvalue weighted by molar-refractivity contribution is -0.128. The highest BCUT2D eigenvalue weighted by atomic mass is 35.5. The second-order valence-corrected chi connectivity index (χ2v) is 10.0. The van der Waals surface area contributed by atoms with E-state index in [0.717, 1.165) is 0 Å². The minimum atomic E-state index is -4.08. The third-order valence-corrected chi connectivity index (χ3v) is 6.98. The van der Waals surface area contributed by atoms with Crippen LogP contribution in [-0.2, 0) is 26.0 Å². The van der Waals surface area contributed by atoms with Gasteiger partial charge in [-0.05, 0) is 35.4 Å². The van der Waals surface area contributed by atoms with Gasteiger partial charge in [0.05, 0.1) is 6.42 Å². The van der Waals surface area contributed by atoms with Crippen molar-refractivity contribution in [3.8, 4) is 0 Å². The summed E-state index contributed by atoms with van der Waals surface area (Å²) in [5.41, 5.74) is 0.513. The monoisotopic (exact) mass is 454 g/mol. The molecule has 1 aromatic heterocycles. The maximum atomic E-state index is 12.8. The average Bonchev–Trinajstić information content (AvgIpc) is 3.11. The fraction of sp³-hybridized carbons (Fsp3) is 0.211. The zero-order valence-corrected chi connectivity index (χ0v) is 18.1. The first-order valence-electron chi connectivity index (χ1n) is 8.57. The molecule has 1 heterocycles. The normalized spacial score (nSPS) is 12.7. The Kier molecular flexibility index (Phi) is 6.42. The Morgan fingerprint density at radius 1 is 1.21 bits per heavy atom. The third kappa shape index (κ3) is 5.05. The van der Waals surface area contributed by atoms with Gasteiger partial charge in [-0.2, -0.15) is 8.42 Å². The van der Waals surface area contributed by atoms with Crippen molar-refractivity contribution in [2.75, 3.05) is 24.6 Å². The number of benzene rings is 2. The van der Waals surface area contributed by atoms with Crippen LogP contribution in [-0.4, -0.2) is 43.6 Å². The lowest BCUT2D eigenvalue weighted by atomic mass is 10.3. The van der Waals surface area contributed by atoms with Crippen LogP contribution in [0.5, 0.6) is 0 Å². The molecule has 1 amide bonds. The minimum absolute atomic E-state index is 0.0536. The molecule has 3 aromatic rings. The smallest absolute Gasteiger partial charge is 0.295 e. The summed E-state index contributed by atoms with van der Waals surface area (Å²) in [6, 6.07) is 12.7. The largest absolute Gasteiger partial charge is 0.611 e. The van der Waals surface area contributed by atoms with Gasteiger partial charge in [0, 0.05) is 30.6 Å². The number of hydrogen-bond donors (Lipinski definition) is 1. The van der Waals surface area contributed by atoms with Crippen molar-refractivity contribution < 1.29 is 22.2 Å². The molecule has 3 rings (SSSR count). The van der Waals surface area contributed by atoms with Crippen LogP contribution in [0.1, 0.15) is 6.42 Å². The van der Waals surface area contributed by atoms with E-state index in [4.69, 9.17) is 16.0 Å². The van der Waals surface area contributed by atoms with Gasteiger partial charge in [0.1, 0.15) is 17.0 Å². The molecule has 0 saturated carbocycles. The van der Waals surface area contributed by atoms with E-state index < -0.39 is 21.2 Å². The number of hydrogen-bond acceptors (Lipinski definition) is 5. The third-order valence-electron chi connectivity index (χ3n) is 4.10. The topological polar surface area (TPSA) is 103 Å². The van der Waals surface area contributed by atoms with E-state index in [1.807, 2.05) is 0 Å². The molecule has 0 bridgehead atoms. The number of nitrogens with one attached hydrogen (secondary N) is 1. The summed E-state index contributed by atoms with van der Waals surface area (Å²) < 4.78 is 46.1. The number of carbonyl (C=O) groups excluding carboxylic acids is 1. The lowest BCUT2D eigenvalue weighted by Gasteiger charge is -2.16. The van der Waals surface area contributed by atoms with Gasteiger partial charge in [0.15, 0.2) is 4.90 Å². The van der Waals surface area contributed by atoms with Crippen molar-refractivity contribution in [3.63, 3.8) is 0 Å². The molecule has 1 atom stereocenters. The Morgan fingerprint density at radius 3 is 2.62 bits per heavy atom. The molecule has 1 N–H and O–H groups in total. The number of nitrogens with zero attached hydrogens (tertiary/aromatic N) is 1. The van der Waals surface area contributed by atoms with Gasteiger partial charge in [-0.15, -0.1) is 0 Å². The van der Waals surface area contributed by atoms with E-state index in [9.17, 15) is 17.8 Å². The number of halogens is 1. The maximum Gasteiger partial charge on any atom is 0.295 e. The van der Waals surface area contributed by atoms with Crippen LogP contribution < -0.4 is 4.72 Å². The molecule has 0 aliphatic rings. The van der Waals surface area contributed by atoms with E-state index in [-0.39, 0.29) is 38.8 Å². The molecule has 0 aliphatic carbocycles. The van der Waals surface area contributed by atoms with E-state index in [2.05, 4.69) is 4.72 Å². The molecular weight excluding hydrogens is 436 g/mol. The van der Waals surface area contributed by atoms with Crippen LogP contribution in [0.25, 0.3) is 11.0 Å². The van der Waals surface area contributed by atoms with E-state index in [1.54, 1.807) is 38.4 Å². The molecule has 10 heteroatoms. The Bertz CT molecular complexity index is 1110. The number of anilines is 1. The van der Waals surface area contributed by atoms with Gasteiger partial charge in [-0.1, -0.05) is 29.8 Å². The fourth-order valence-corrected chi connectivity index (χ4v) is 5.01. The SMILES string of the molecule is CN(C)C(=O)CC[S+]([O-])c1ccc(Cl)cc1NS(=O)(=O)c1cc2ccccc2o1. The van der Waals surface area contributed by atoms with Gasteiger partial charge < -0.3 is 13.9 Å². The van der Waals surface area contributed by atoms with Crippen molar-refractivity contribution in [1.29, 1.82) is 0 Å².